The van der Waals surface area contributed by atoms with Crippen LogP contribution in [0.2, 0.25) is 0 Å². The Kier molecular flexibility index (Phi) is 3.59. The zero-order valence-electron chi connectivity index (χ0n) is 10.0. The summed E-state index contributed by atoms with van der Waals surface area (Å²) in [5.74, 6) is 0.702. The average Bonchev–Trinajstić information content (AvgIpc) is 2.97. The van der Waals surface area contributed by atoms with Gasteiger partial charge in [-0.15, -0.1) is 0 Å². The molecule has 1 aromatic carbocycles. The van der Waals surface area contributed by atoms with E-state index < -0.39 is 0 Å². The molecular weight excluding hydrogens is 201 g/mol. The van der Waals surface area contributed by atoms with Crippen LogP contribution < -0.4 is 5.32 Å². The van der Waals surface area contributed by atoms with E-state index in [1.807, 2.05) is 6.07 Å². The molecule has 1 fully saturated rings. The summed E-state index contributed by atoms with van der Waals surface area (Å²) in [7, 11) is 0. The molecule has 1 aliphatic rings. The van der Waals surface area contributed by atoms with E-state index in [1.54, 1.807) is 12.1 Å². The van der Waals surface area contributed by atoms with E-state index in [-0.39, 0.29) is 11.9 Å². The summed E-state index contributed by atoms with van der Waals surface area (Å²) in [5, 5.41) is 3.57. The third-order valence-electron chi connectivity index (χ3n) is 3.39. The van der Waals surface area contributed by atoms with Gasteiger partial charge in [0.25, 0.3) is 0 Å². The topological polar surface area (TPSA) is 12.0 Å². The van der Waals surface area contributed by atoms with Crippen molar-refractivity contribution >= 4 is 0 Å². The van der Waals surface area contributed by atoms with Crippen LogP contribution in [-0.4, -0.2) is 6.04 Å². The van der Waals surface area contributed by atoms with Crippen molar-refractivity contribution < 1.29 is 4.39 Å². The Morgan fingerprint density at radius 3 is 3.00 bits per heavy atom. The highest BCUT2D eigenvalue weighted by atomic mass is 19.1. The lowest BCUT2D eigenvalue weighted by atomic mass is 10.1. The quantitative estimate of drug-likeness (QED) is 0.800. The number of hydrogen-bond acceptors (Lipinski definition) is 1. The molecule has 0 spiro atoms. The molecule has 1 saturated carbocycles. The van der Waals surface area contributed by atoms with Gasteiger partial charge in [-0.25, -0.2) is 4.39 Å². The van der Waals surface area contributed by atoms with Gasteiger partial charge in [-0.05, 0) is 43.4 Å². The second-order valence-electron chi connectivity index (χ2n) is 4.83. The number of halogens is 1. The van der Waals surface area contributed by atoms with Crippen molar-refractivity contribution in [2.24, 2.45) is 5.92 Å². The highest BCUT2D eigenvalue weighted by Crippen LogP contribution is 2.36. The molecule has 0 bridgehead atoms. The molecule has 0 aliphatic heterocycles. The lowest BCUT2D eigenvalue weighted by Gasteiger charge is -2.14. The van der Waals surface area contributed by atoms with Gasteiger partial charge >= 0.3 is 0 Å². The molecule has 0 amide bonds. The first-order chi connectivity index (χ1) is 7.70. The van der Waals surface area contributed by atoms with Crippen LogP contribution in [0.3, 0.4) is 0 Å². The predicted molar refractivity (Wildman–Crippen MR) is 64.8 cm³/mol. The van der Waals surface area contributed by atoms with Gasteiger partial charge in [0.15, 0.2) is 0 Å². The van der Waals surface area contributed by atoms with Crippen molar-refractivity contribution in [2.75, 3.05) is 0 Å². The molecule has 0 aromatic heterocycles. The van der Waals surface area contributed by atoms with Gasteiger partial charge in [0.1, 0.15) is 5.82 Å². The third kappa shape index (κ3) is 2.82. The van der Waals surface area contributed by atoms with Crippen LogP contribution in [0, 0.1) is 11.7 Å². The van der Waals surface area contributed by atoms with Crippen LogP contribution in [0.5, 0.6) is 0 Å². The maximum Gasteiger partial charge on any atom is 0.123 e. The van der Waals surface area contributed by atoms with E-state index in [2.05, 4.69) is 19.2 Å². The van der Waals surface area contributed by atoms with E-state index in [9.17, 15) is 4.39 Å². The molecule has 1 N–H and O–H groups in total. The minimum absolute atomic E-state index is 0.146. The minimum atomic E-state index is -0.146. The minimum Gasteiger partial charge on any atom is -0.307 e. The van der Waals surface area contributed by atoms with E-state index in [0.717, 1.165) is 11.5 Å². The van der Waals surface area contributed by atoms with Crippen LogP contribution in [0.4, 0.5) is 4.39 Å². The molecule has 1 aliphatic carbocycles. The average molecular weight is 221 g/mol. The third-order valence-corrected chi connectivity index (χ3v) is 3.39. The van der Waals surface area contributed by atoms with Crippen molar-refractivity contribution in [2.45, 2.75) is 45.2 Å². The molecular formula is C14H20FN. The van der Waals surface area contributed by atoms with Gasteiger partial charge in [-0.1, -0.05) is 25.5 Å². The largest absolute Gasteiger partial charge is 0.307 e. The normalized spacial score (nSPS) is 25.4. The lowest BCUT2D eigenvalue weighted by molar-refractivity contribution is 0.526. The molecule has 0 heterocycles. The highest BCUT2D eigenvalue weighted by Gasteiger charge is 2.36. The Labute approximate surface area is 97.1 Å². The lowest BCUT2D eigenvalue weighted by Crippen LogP contribution is -2.22. The first-order valence-corrected chi connectivity index (χ1v) is 6.22. The molecule has 88 valence electrons. The molecule has 3 atom stereocenters. The monoisotopic (exact) mass is 221 g/mol. The zero-order valence-corrected chi connectivity index (χ0v) is 10.0. The summed E-state index contributed by atoms with van der Waals surface area (Å²) in [5.41, 5.74) is 1.04. The predicted octanol–water partition coefficient (Wildman–Crippen LogP) is 3.66. The van der Waals surface area contributed by atoms with Crippen LogP contribution in [0.1, 0.15) is 44.7 Å². The van der Waals surface area contributed by atoms with Crippen LogP contribution in [0.15, 0.2) is 24.3 Å². The summed E-state index contributed by atoms with van der Waals surface area (Å²) >= 11 is 0. The Hall–Kier alpha value is -0.890. The first kappa shape index (κ1) is 11.6. The summed E-state index contributed by atoms with van der Waals surface area (Å²) in [6, 6.07) is 7.78. The van der Waals surface area contributed by atoms with Gasteiger partial charge in [-0.2, -0.15) is 0 Å². The zero-order chi connectivity index (χ0) is 11.5. The standard InChI is InChI=1S/C14H20FN/c1-3-5-12-9-14(12)16-10(2)11-6-4-7-13(15)8-11/h4,6-8,10,12,14,16H,3,5,9H2,1-2H3. The maximum absolute atomic E-state index is 13.1. The van der Waals surface area contributed by atoms with Crippen molar-refractivity contribution in [3.8, 4) is 0 Å². The molecule has 2 rings (SSSR count). The number of rotatable bonds is 5. The second-order valence-corrected chi connectivity index (χ2v) is 4.83. The molecule has 3 unspecified atom stereocenters. The maximum atomic E-state index is 13.1. The Bertz CT molecular complexity index is 350. The van der Waals surface area contributed by atoms with Gasteiger partial charge in [-0.3, -0.25) is 0 Å². The molecule has 0 radical (unpaired) electrons. The molecule has 0 saturated heterocycles. The fourth-order valence-electron chi connectivity index (χ4n) is 2.33. The Balaban J connectivity index is 1.87. The van der Waals surface area contributed by atoms with E-state index >= 15 is 0 Å². The molecule has 16 heavy (non-hydrogen) atoms. The second kappa shape index (κ2) is 4.96. The molecule has 1 aromatic rings. The van der Waals surface area contributed by atoms with Crippen LogP contribution in [-0.2, 0) is 0 Å². The van der Waals surface area contributed by atoms with E-state index in [4.69, 9.17) is 0 Å². The van der Waals surface area contributed by atoms with Crippen molar-refractivity contribution in [3.05, 3.63) is 35.6 Å². The van der Waals surface area contributed by atoms with Gasteiger partial charge in [0.05, 0.1) is 0 Å². The molecule has 1 nitrogen and oxygen atoms in total. The van der Waals surface area contributed by atoms with E-state index in [0.29, 0.717) is 6.04 Å². The number of benzene rings is 1. The Morgan fingerprint density at radius 1 is 1.50 bits per heavy atom. The number of hydrogen-bond donors (Lipinski definition) is 1. The van der Waals surface area contributed by atoms with Crippen LogP contribution in [0.25, 0.3) is 0 Å². The number of nitrogens with one attached hydrogen (secondary N) is 1. The molecule has 2 heteroatoms. The SMILES string of the molecule is CCCC1CC1NC(C)c1cccc(F)c1. The van der Waals surface area contributed by atoms with Gasteiger partial charge in [0.2, 0.25) is 0 Å². The Morgan fingerprint density at radius 2 is 2.31 bits per heavy atom. The highest BCUT2D eigenvalue weighted by molar-refractivity contribution is 5.20. The first-order valence-electron chi connectivity index (χ1n) is 6.22. The summed E-state index contributed by atoms with van der Waals surface area (Å²) in [6.45, 7) is 4.33. The fourth-order valence-corrected chi connectivity index (χ4v) is 2.33. The van der Waals surface area contributed by atoms with Gasteiger partial charge < -0.3 is 5.32 Å². The fraction of sp³-hybridized carbons (Fsp3) is 0.571. The van der Waals surface area contributed by atoms with E-state index in [1.165, 1.54) is 25.3 Å². The van der Waals surface area contributed by atoms with Crippen molar-refractivity contribution in [3.63, 3.8) is 0 Å². The summed E-state index contributed by atoms with van der Waals surface area (Å²) in [6.07, 6.45) is 3.86. The van der Waals surface area contributed by atoms with Crippen LogP contribution >= 0.6 is 0 Å². The van der Waals surface area contributed by atoms with Gasteiger partial charge in [0, 0.05) is 12.1 Å². The van der Waals surface area contributed by atoms with Crippen molar-refractivity contribution in [1.82, 2.24) is 5.32 Å². The smallest absolute Gasteiger partial charge is 0.123 e. The summed E-state index contributed by atoms with van der Waals surface area (Å²) in [4.78, 5) is 0. The van der Waals surface area contributed by atoms with Crippen molar-refractivity contribution in [1.29, 1.82) is 0 Å². The summed E-state index contributed by atoms with van der Waals surface area (Å²) < 4.78 is 13.1.